The van der Waals surface area contributed by atoms with Crippen LogP contribution in [-0.2, 0) is 9.84 Å². The van der Waals surface area contributed by atoms with Gasteiger partial charge < -0.3 is 5.32 Å². The van der Waals surface area contributed by atoms with Crippen molar-refractivity contribution in [1.29, 1.82) is 0 Å². The van der Waals surface area contributed by atoms with Crippen molar-refractivity contribution < 1.29 is 8.42 Å². The maximum Gasteiger partial charge on any atom is 0.175 e. The topological polar surface area (TPSA) is 46.2 Å². The monoisotopic (exact) mass is 335 g/mol. The zero-order valence-electron chi connectivity index (χ0n) is 12.8. The Morgan fingerprint density at radius 2 is 1.68 bits per heavy atom. The van der Waals surface area contributed by atoms with Gasteiger partial charge in [0.1, 0.15) is 0 Å². The Bertz CT molecular complexity index is 682. The molecule has 0 radical (unpaired) electrons. The molecule has 2 rings (SSSR count). The Morgan fingerprint density at radius 1 is 1.05 bits per heavy atom. The third-order valence-corrected chi connectivity index (χ3v) is 5.64. The van der Waals surface area contributed by atoms with Crippen LogP contribution in [0.3, 0.4) is 0 Å². The highest BCUT2D eigenvalue weighted by Gasteiger charge is 2.09. The van der Waals surface area contributed by atoms with Gasteiger partial charge in [-0.2, -0.15) is 0 Å². The summed E-state index contributed by atoms with van der Waals surface area (Å²) >= 11 is 1.82. The molecule has 0 amide bonds. The third-order valence-electron chi connectivity index (χ3n) is 3.34. The van der Waals surface area contributed by atoms with Crippen LogP contribution in [0.1, 0.15) is 13.3 Å². The van der Waals surface area contributed by atoms with Gasteiger partial charge in [0.05, 0.1) is 4.90 Å². The molecule has 0 fully saturated rings. The molecule has 3 nitrogen and oxygen atoms in total. The second-order valence-electron chi connectivity index (χ2n) is 5.17. The molecule has 1 atom stereocenters. The molecule has 1 unspecified atom stereocenters. The molecule has 0 spiro atoms. The van der Waals surface area contributed by atoms with Crippen LogP contribution in [0.15, 0.2) is 64.4 Å². The molecular weight excluding hydrogens is 314 g/mol. The number of sulfone groups is 1. The maximum absolute atomic E-state index is 11.5. The zero-order chi connectivity index (χ0) is 16.0. The molecule has 1 N–H and O–H groups in total. The van der Waals surface area contributed by atoms with E-state index in [9.17, 15) is 8.42 Å². The molecule has 0 aliphatic carbocycles. The first-order valence-corrected chi connectivity index (χ1v) is 10.1. The van der Waals surface area contributed by atoms with E-state index in [1.807, 2.05) is 42.1 Å². The summed E-state index contributed by atoms with van der Waals surface area (Å²) in [4.78, 5) is 1.61. The first-order valence-electron chi connectivity index (χ1n) is 7.23. The molecule has 5 heteroatoms. The second-order valence-corrected chi connectivity index (χ2v) is 8.28. The van der Waals surface area contributed by atoms with Crippen LogP contribution in [-0.4, -0.2) is 26.5 Å². The average molecular weight is 335 g/mol. The second kappa shape index (κ2) is 7.70. The molecule has 22 heavy (non-hydrogen) atoms. The van der Waals surface area contributed by atoms with Crippen molar-refractivity contribution >= 4 is 27.3 Å². The van der Waals surface area contributed by atoms with Crippen LogP contribution in [0.2, 0.25) is 0 Å². The Hall–Kier alpha value is -1.46. The van der Waals surface area contributed by atoms with Crippen molar-refractivity contribution in [2.75, 3.05) is 17.3 Å². The predicted molar refractivity (Wildman–Crippen MR) is 94.4 cm³/mol. The smallest absolute Gasteiger partial charge is 0.175 e. The first kappa shape index (κ1) is 16.9. The number of hydrogen-bond acceptors (Lipinski definition) is 4. The average Bonchev–Trinajstić information content (AvgIpc) is 2.52. The summed E-state index contributed by atoms with van der Waals surface area (Å²) < 4.78 is 22.9. The summed E-state index contributed by atoms with van der Waals surface area (Å²) in [6.07, 6.45) is 2.23. The number of benzene rings is 2. The van der Waals surface area contributed by atoms with Gasteiger partial charge in [0, 0.05) is 28.6 Å². The predicted octanol–water partition coefficient (Wildman–Crippen LogP) is 4.07. The van der Waals surface area contributed by atoms with E-state index in [1.165, 1.54) is 11.2 Å². The van der Waals surface area contributed by atoms with Gasteiger partial charge in [-0.1, -0.05) is 25.1 Å². The highest BCUT2D eigenvalue weighted by molar-refractivity contribution is 7.99. The van der Waals surface area contributed by atoms with E-state index in [2.05, 4.69) is 24.4 Å². The molecule has 2 aromatic rings. The molecular formula is C17H21NO2S2. The number of hydrogen-bond donors (Lipinski definition) is 1. The van der Waals surface area contributed by atoms with E-state index in [-0.39, 0.29) is 0 Å². The number of anilines is 1. The molecule has 118 valence electrons. The first-order chi connectivity index (χ1) is 10.5. The lowest BCUT2D eigenvalue weighted by molar-refractivity contribution is 0.602. The summed E-state index contributed by atoms with van der Waals surface area (Å²) in [7, 11) is -3.13. The fourth-order valence-corrected chi connectivity index (χ4v) is 3.70. The fourth-order valence-electron chi connectivity index (χ4n) is 2.01. The van der Waals surface area contributed by atoms with E-state index < -0.39 is 9.84 Å². The standard InChI is InChI=1S/C17H21NO2S2/c1-3-14(13-21-16-7-5-4-6-8-16)18-15-9-11-17(12-10-15)22(2,19)20/h4-12,14,18H,3,13H2,1-2H3. The maximum atomic E-state index is 11.5. The normalized spacial score (nSPS) is 12.8. The van der Waals surface area contributed by atoms with Crippen LogP contribution in [0, 0.1) is 0 Å². The SMILES string of the molecule is CCC(CSc1ccccc1)Nc1ccc(S(C)(=O)=O)cc1. The Kier molecular flexibility index (Phi) is 5.91. The highest BCUT2D eigenvalue weighted by Crippen LogP contribution is 2.21. The summed E-state index contributed by atoms with van der Waals surface area (Å²) in [5.41, 5.74) is 0.952. The molecule has 0 saturated heterocycles. The lowest BCUT2D eigenvalue weighted by Gasteiger charge is -2.18. The zero-order valence-corrected chi connectivity index (χ0v) is 14.5. The Morgan fingerprint density at radius 3 is 2.23 bits per heavy atom. The third kappa shape index (κ3) is 5.07. The lowest BCUT2D eigenvalue weighted by atomic mass is 10.2. The quantitative estimate of drug-likeness (QED) is 0.775. The van der Waals surface area contributed by atoms with Crippen LogP contribution in [0.4, 0.5) is 5.69 Å². The molecule has 0 aromatic heterocycles. The van der Waals surface area contributed by atoms with Gasteiger partial charge in [0.2, 0.25) is 0 Å². The van der Waals surface area contributed by atoms with Crippen LogP contribution >= 0.6 is 11.8 Å². The number of nitrogens with one attached hydrogen (secondary N) is 1. The van der Waals surface area contributed by atoms with E-state index >= 15 is 0 Å². The molecule has 0 aliphatic heterocycles. The van der Waals surface area contributed by atoms with Crippen LogP contribution in [0.5, 0.6) is 0 Å². The summed E-state index contributed by atoms with van der Waals surface area (Å²) in [5, 5.41) is 3.46. The van der Waals surface area contributed by atoms with Gasteiger partial charge in [0.15, 0.2) is 9.84 Å². The van der Waals surface area contributed by atoms with Crippen molar-refractivity contribution in [1.82, 2.24) is 0 Å². The largest absolute Gasteiger partial charge is 0.381 e. The Labute approximate surface area is 137 Å². The van der Waals surface area contributed by atoms with Gasteiger partial charge in [-0.3, -0.25) is 0 Å². The van der Waals surface area contributed by atoms with E-state index in [1.54, 1.807) is 12.1 Å². The van der Waals surface area contributed by atoms with E-state index in [0.29, 0.717) is 10.9 Å². The van der Waals surface area contributed by atoms with E-state index in [0.717, 1.165) is 17.9 Å². The lowest BCUT2D eigenvalue weighted by Crippen LogP contribution is -2.21. The molecule has 0 aliphatic rings. The summed E-state index contributed by atoms with van der Waals surface area (Å²) in [6.45, 7) is 2.15. The van der Waals surface area contributed by atoms with Gasteiger partial charge in [-0.15, -0.1) is 11.8 Å². The van der Waals surface area contributed by atoms with Crippen molar-refractivity contribution in [3.63, 3.8) is 0 Å². The van der Waals surface area contributed by atoms with Crippen molar-refractivity contribution in [2.24, 2.45) is 0 Å². The minimum Gasteiger partial charge on any atom is -0.381 e. The minimum atomic E-state index is -3.13. The van der Waals surface area contributed by atoms with Crippen LogP contribution < -0.4 is 5.32 Å². The number of thioether (sulfide) groups is 1. The molecule has 0 heterocycles. The van der Waals surface area contributed by atoms with Gasteiger partial charge in [-0.05, 0) is 42.8 Å². The summed E-state index contributed by atoms with van der Waals surface area (Å²) in [5.74, 6) is 0.967. The van der Waals surface area contributed by atoms with Gasteiger partial charge >= 0.3 is 0 Å². The van der Waals surface area contributed by atoms with Gasteiger partial charge in [0.25, 0.3) is 0 Å². The molecule has 2 aromatic carbocycles. The van der Waals surface area contributed by atoms with E-state index in [4.69, 9.17) is 0 Å². The fraction of sp³-hybridized carbons (Fsp3) is 0.294. The molecule has 0 bridgehead atoms. The Balaban J connectivity index is 1.95. The van der Waals surface area contributed by atoms with Crippen molar-refractivity contribution in [3.05, 3.63) is 54.6 Å². The summed E-state index contributed by atoms with van der Waals surface area (Å²) in [6, 6.07) is 17.6. The molecule has 0 saturated carbocycles. The van der Waals surface area contributed by atoms with Gasteiger partial charge in [-0.25, -0.2) is 8.42 Å². The minimum absolute atomic E-state index is 0.342. The van der Waals surface area contributed by atoms with Crippen LogP contribution in [0.25, 0.3) is 0 Å². The number of rotatable bonds is 7. The van der Waals surface area contributed by atoms with Crippen molar-refractivity contribution in [3.8, 4) is 0 Å². The van der Waals surface area contributed by atoms with Crippen molar-refractivity contribution in [2.45, 2.75) is 29.2 Å². The highest BCUT2D eigenvalue weighted by atomic mass is 32.2.